The minimum Gasteiger partial charge on any atom is -0.423 e. The van der Waals surface area contributed by atoms with Crippen LogP contribution in [0, 0.1) is 11.7 Å². The van der Waals surface area contributed by atoms with Gasteiger partial charge in [-0.05, 0) is 37.0 Å². The second-order valence-corrected chi connectivity index (χ2v) is 5.32. The molecule has 1 aromatic rings. The normalized spacial score (nSPS) is 15.9. The molecule has 1 aliphatic rings. The van der Waals surface area contributed by atoms with Crippen LogP contribution < -0.4 is 10.8 Å². The Morgan fingerprint density at radius 2 is 2.00 bits per heavy atom. The molecule has 1 aliphatic carbocycles. The van der Waals surface area contributed by atoms with Crippen LogP contribution in [0.5, 0.6) is 0 Å². The van der Waals surface area contributed by atoms with Gasteiger partial charge in [0.2, 0.25) is 0 Å². The lowest BCUT2D eigenvalue weighted by molar-refractivity contribution is 0.0943. The van der Waals surface area contributed by atoms with Gasteiger partial charge >= 0.3 is 7.12 Å². The highest BCUT2D eigenvalue weighted by Crippen LogP contribution is 2.22. The van der Waals surface area contributed by atoms with E-state index in [-0.39, 0.29) is 16.9 Å². The molecule has 1 saturated carbocycles. The molecule has 0 bridgehead atoms. The lowest BCUT2D eigenvalue weighted by Crippen LogP contribution is -2.35. The fourth-order valence-electron chi connectivity index (χ4n) is 2.61. The molecular weight excluding hydrogens is 260 g/mol. The van der Waals surface area contributed by atoms with Crippen LogP contribution in [0.3, 0.4) is 0 Å². The highest BCUT2D eigenvalue weighted by Gasteiger charge is 2.19. The summed E-state index contributed by atoms with van der Waals surface area (Å²) >= 11 is 0. The molecule has 4 nitrogen and oxygen atoms in total. The standard InChI is InChI=1S/C14H19BFNO3/c16-13-7-6-11(8-12(13)15(19)20)14(18)17-9-10-4-2-1-3-5-10/h6-8,10,19-20H,1-5,9H2,(H,17,18). The zero-order valence-electron chi connectivity index (χ0n) is 11.3. The molecule has 0 saturated heterocycles. The van der Waals surface area contributed by atoms with E-state index in [4.69, 9.17) is 10.0 Å². The molecule has 0 radical (unpaired) electrons. The molecule has 1 fully saturated rings. The van der Waals surface area contributed by atoms with Gasteiger partial charge in [-0.15, -0.1) is 0 Å². The number of hydrogen-bond acceptors (Lipinski definition) is 3. The topological polar surface area (TPSA) is 69.6 Å². The van der Waals surface area contributed by atoms with Gasteiger partial charge < -0.3 is 15.4 Å². The molecule has 1 amide bonds. The highest BCUT2D eigenvalue weighted by atomic mass is 19.1. The van der Waals surface area contributed by atoms with Crippen LogP contribution in [0.1, 0.15) is 42.5 Å². The van der Waals surface area contributed by atoms with Crippen molar-refractivity contribution in [2.45, 2.75) is 32.1 Å². The van der Waals surface area contributed by atoms with Crippen molar-refractivity contribution in [3.05, 3.63) is 29.6 Å². The first-order chi connectivity index (χ1) is 9.58. The molecule has 3 N–H and O–H groups in total. The summed E-state index contributed by atoms with van der Waals surface area (Å²) in [6.07, 6.45) is 5.94. The zero-order valence-corrected chi connectivity index (χ0v) is 11.3. The third kappa shape index (κ3) is 3.80. The molecule has 0 heterocycles. The van der Waals surface area contributed by atoms with Crippen LogP contribution in [0.2, 0.25) is 0 Å². The monoisotopic (exact) mass is 279 g/mol. The quantitative estimate of drug-likeness (QED) is 0.714. The van der Waals surface area contributed by atoms with E-state index in [1.54, 1.807) is 0 Å². The Balaban J connectivity index is 1.96. The second kappa shape index (κ2) is 6.86. The lowest BCUT2D eigenvalue weighted by Gasteiger charge is -2.21. The Labute approximate surface area is 118 Å². The van der Waals surface area contributed by atoms with Crippen LogP contribution in [0.4, 0.5) is 4.39 Å². The summed E-state index contributed by atoms with van der Waals surface area (Å²) in [7, 11) is -1.92. The molecule has 1 aromatic carbocycles. The number of hydrogen-bond donors (Lipinski definition) is 3. The average Bonchev–Trinajstić information content (AvgIpc) is 2.46. The second-order valence-electron chi connectivity index (χ2n) is 5.32. The summed E-state index contributed by atoms with van der Waals surface area (Å²) in [5, 5.41) is 20.9. The molecule has 20 heavy (non-hydrogen) atoms. The average molecular weight is 279 g/mol. The largest absolute Gasteiger partial charge is 0.491 e. The van der Waals surface area contributed by atoms with Gasteiger partial charge in [0.25, 0.3) is 5.91 Å². The summed E-state index contributed by atoms with van der Waals surface area (Å²) in [5.74, 6) is -0.530. The Bertz CT molecular complexity index is 475. The fraction of sp³-hybridized carbons (Fsp3) is 0.500. The van der Waals surface area contributed by atoms with Crippen molar-refractivity contribution < 1.29 is 19.2 Å². The molecule has 108 valence electrons. The molecule has 6 heteroatoms. The Morgan fingerprint density at radius 3 is 2.65 bits per heavy atom. The van der Waals surface area contributed by atoms with Gasteiger partial charge in [0.1, 0.15) is 5.82 Å². The molecule has 2 rings (SSSR count). The van der Waals surface area contributed by atoms with Crippen molar-refractivity contribution in [2.75, 3.05) is 6.54 Å². The molecule has 0 atom stereocenters. The van der Waals surface area contributed by atoms with Gasteiger partial charge in [-0.1, -0.05) is 19.3 Å². The minimum absolute atomic E-state index is 0.241. The minimum atomic E-state index is -1.92. The molecule has 0 spiro atoms. The smallest absolute Gasteiger partial charge is 0.423 e. The molecule has 0 aliphatic heterocycles. The van der Waals surface area contributed by atoms with E-state index in [1.807, 2.05) is 0 Å². The van der Waals surface area contributed by atoms with Crippen LogP contribution in [-0.4, -0.2) is 29.6 Å². The van der Waals surface area contributed by atoms with E-state index in [0.29, 0.717) is 12.5 Å². The Morgan fingerprint density at radius 1 is 1.30 bits per heavy atom. The number of carbonyl (C=O) groups excluding carboxylic acids is 1. The van der Waals surface area contributed by atoms with E-state index in [0.717, 1.165) is 18.9 Å². The van der Waals surface area contributed by atoms with Crippen molar-refractivity contribution in [3.8, 4) is 0 Å². The number of amides is 1. The first-order valence-corrected chi connectivity index (χ1v) is 7.01. The zero-order chi connectivity index (χ0) is 14.5. The molecule has 0 aromatic heterocycles. The number of carbonyl (C=O) groups is 1. The van der Waals surface area contributed by atoms with Gasteiger partial charge in [-0.25, -0.2) is 4.39 Å². The first-order valence-electron chi connectivity index (χ1n) is 7.01. The maximum absolute atomic E-state index is 13.3. The molecular formula is C14H19BFNO3. The predicted molar refractivity (Wildman–Crippen MR) is 75.1 cm³/mol. The van der Waals surface area contributed by atoms with Crippen molar-refractivity contribution in [3.63, 3.8) is 0 Å². The van der Waals surface area contributed by atoms with E-state index < -0.39 is 12.9 Å². The van der Waals surface area contributed by atoms with E-state index in [2.05, 4.69) is 5.32 Å². The maximum atomic E-state index is 13.3. The van der Waals surface area contributed by atoms with E-state index in [1.165, 1.54) is 31.4 Å². The maximum Gasteiger partial charge on any atom is 0.491 e. The van der Waals surface area contributed by atoms with Crippen molar-refractivity contribution in [2.24, 2.45) is 5.92 Å². The van der Waals surface area contributed by atoms with Gasteiger partial charge in [-0.3, -0.25) is 4.79 Å². The summed E-state index contributed by atoms with van der Waals surface area (Å²) < 4.78 is 13.3. The third-order valence-corrected chi connectivity index (χ3v) is 3.81. The van der Waals surface area contributed by atoms with E-state index >= 15 is 0 Å². The summed E-state index contributed by atoms with van der Waals surface area (Å²) in [5.41, 5.74) is -0.0411. The number of halogens is 1. The Kier molecular flexibility index (Phi) is 5.14. The van der Waals surface area contributed by atoms with Crippen molar-refractivity contribution in [1.29, 1.82) is 0 Å². The first kappa shape index (κ1) is 15.0. The molecule has 0 unspecified atom stereocenters. The van der Waals surface area contributed by atoms with E-state index in [9.17, 15) is 9.18 Å². The van der Waals surface area contributed by atoms with Crippen LogP contribution >= 0.6 is 0 Å². The van der Waals surface area contributed by atoms with Gasteiger partial charge in [-0.2, -0.15) is 0 Å². The summed E-state index contributed by atoms with van der Waals surface area (Å²) in [6.45, 7) is 0.618. The van der Waals surface area contributed by atoms with Crippen LogP contribution in [0.25, 0.3) is 0 Å². The number of benzene rings is 1. The van der Waals surface area contributed by atoms with Crippen molar-refractivity contribution in [1.82, 2.24) is 5.32 Å². The highest BCUT2D eigenvalue weighted by molar-refractivity contribution is 6.58. The Hall–Kier alpha value is -1.40. The van der Waals surface area contributed by atoms with Crippen molar-refractivity contribution >= 4 is 18.5 Å². The summed E-state index contributed by atoms with van der Waals surface area (Å²) in [4.78, 5) is 12.0. The fourth-order valence-corrected chi connectivity index (χ4v) is 2.61. The lowest BCUT2D eigenvalue weighted by atomic mass is 9.79. The third-order valence-electron chi connectivity index (χ3n) is 3.81. The number of nitrogens with one attached hydrogen (secondary N) is 1. The summed E-state index contributed by atoms with van der Waals surface area (Å²) in [6, 6.07) is 3.60. The van der Waals surface area contributed by atoms with Crippen LogP contribution in [-0.2, 0) is 0 Å². The number of rotatable bonds is 4. The van der Waals surface area contributed by atoms with Crippen LogP contribution in [0.15, 0.2) is 18.2 Å². The van der Waals surface area contributed by atoms with Gasteiger partial charge in [0, 0.05) is 17.6 Å². The predicted octanol–water partition coefficient (Wildman–Crippen LogP) is 0.816. The SMILES string of the molecule is O=C(NCC1CCCCC1)c1ccc(F)c(B(O)O)c1. The van der Waals surface area contributed by atoms with Gasteiger partial charge in [0.15, 0.2) is 0 Å². The van der Waals surface area contributed by atoms with Gasteiger partial charge in [0.05, 0.1) is 0 Å².